The minimum atomic E-state index is -0.0127. The van der Waals surface area contributed by atoms with Crippen molar-refractivity contribution in [2.45, 2.75) is 25.6 Å². The van der Waals surface area contributed by atoms with Crippen molar-refractivity contribution in [2.24, 2.45) is 0 Å². The van der Waals surface area contributed by atoms with Gasteiger partial charge in [-0.3, -0.25) is 0 Å². The number of carbonyl (C=O) groups excluding carboxylic acids is 1. The van der Waals surface area contributed by atoms with E-state index >= 15 is 0 Å². The lowest BCUT2D eigenvalue weighted by atomic mass is 10.1. The lowest BCUT2D eigenvalue weighted by Crippen LogP contribution is -2.32. The summed E-state index contributed by atoms with van der Waals surface area (Å²) in [6.07, 6.45) is 1.79. The quantitative estimate of drug-likeness (QED) is 0.771. The monoisotopic (exact) mass is 216 g/mol. The zero-order valence-electron chi connectivity index (χ0n) is 9.39. The molecule has 1 N–H and O–H groups in total. The number of amides is 2. The molecule has 1 fully saturated rings. The van der Waals surface area contributed by atoms with Gasteiger partial charge in [-0.1, -0.05) is 36.4 Å². The van der Waals surface area contributed by atoms with Crippen LogP contribution >= 0.6 is 0 Å². The minimum Gasteiger partial charge on any atom is -0.330 e. The number of rotatable bonds is 3. The molecule has 2 rings (SSSR count). The minimum absolute atomic E-state index is 0.0127. The Morgan fingerprint density at radius 3 is 2.69 bits per heavy atom. The van der Waals surface area contributed by atoms with E-state index in [1.54, 1.807) is 6.08 Å². The third-order valence-electron chi connectivity index (χ3n) is 3.01. The van der Waals surface area contributed by atoms with Crippen molar-refractivity contribution in [3.63, 3.8) is 0 Å². The summed E-state index contributed by atoms with van der Waals surface area (Å²) in [5, 5.41) is 2.89. The molecule has 1 aromatic carbocycles. The molecular weight excluding hydrogens is 200 g/mol. The third kappa shape index (κ3) is 1.94. The van der Waals surface area contributed by atoms with Crippen LogP contribution in [-0.2, 0) is 6.54 Å². The van der Waals surface area contributed by atoms with Crippen LogP contribution in [0.4, 0.5) is 4.79 Å². The standard InChI is InChI=1S/C13H16N2O/c1-3-12-10(2)15(13(16)14-12)9-11-7-5-4-6-8-11/h3-8,10,12H,1,9H2,2H3,(H,14,16)/t10-,12+/m1/s1. The zero-order chi connectivity index (χ0) is 11.5. The highest BCUT2D eigenvalue weighted by atomic mass is 16.2. The summed E-state index contributed by atoms with van der Waals surface area (Å²) in [5.74, 6) is 0. The molecule has 0 aromatic heterocycles. The van der Waals surface area contributed by atoms with Crippen molar-refractivity contribution in [1.29, 1.82) is 0 Å². The van der Waals surface area contributed by atoms with Gasteiger partial charge < -0.3 is 10.2 Å². The summed E-state index contributed by atoms with van der Waals surface area (Å²) < 4.78 is 0. The molecule has 1 aliphatic rings. The van der Waals surface area contributed by atoms with Crippen LogP contribution in [0.1, 0.15) is 12.5 Å². The van der Waals surface area contributed by atoms with E-state index in [4.69, 9.17) is 0 Å². The number of urea groups is 1. The SMILES string of the molecule is C=C[C@@H]1NC(=O)N(Cc2ccccc2)[C@@H]1C. The van der Waals surface area contributed by atoms with Crippen LogP contribution in [-0.4, -0.2) is 23.0 Å². The van der Waals surface area contributed by atoms with Crippen LogP contribution in [0.5, 0.6) is 0 Å². The Kier molecular flexibility index (Phi) is 2.95. The third-order valence-corrected chi connectivity index (χ3v) is 3.01. The summed E-state index contributed by atoms with van der Waals surface area (Å²) in [5.41, 5.74) is 1.15. The molecule has 3 nitrogen and oxygen atoms in total. The molecule has 3 heteroatoms. The van der Waals surface area contributed by atoms with Crippen molar-refractivity contribution >= 4 is 6.03 Å². The highest BCUT2D eigenvalue weighted by Crippen LogP contribution is 2.17. The van der Waals surface area contributed by atoms with Gasteiger partial charge in [-0.2, -0.15) is 0 Å². The summed E-state index contributed by atoms with van der Waals surface area (Å²) in [6.45, 7) is 6.41. The normalized spacial score (nSPS) is 24.3. The molecule has 1 heterocycles. The summed E-state index contributed by atoms with van der Waals surface area (Å²) >= 11 is 0. The van der Waals surface area contributed by atoms with E-state index in [-0.39, 0.29) is 18.1 Å². The molecular formula is C13H16N2O. The Morgan fingerprint density at radius 1 is 1.44 bits per heavy atom. The highest BCUT2D eigenvalue weighted by molar-refractivity contribution is 5.78. The molecule has 1 saturated heterocycles. The molecule has 0 unspecified atom stereocenters. The van der Waals surface area contributed by atoms with E-state index in [1.807, 2.05) is 42.2 Å². The van der Waals surface area contributed by atoms with Crippen LogP contribution in [0.3, 0.4) is 0 Å². The Morgan fingerprint density at radius 2 is 2.12 bits per heavy atom. The molecule has 2 amide bonds. The average Bonchev–Trinajstić information content (AvgIpc) is 2.58. The summed E-state index contributed by atoms with van der Waals surface area (Å²) in [6, 6.07) is 10.2. The largest absolute Gasteiger partial charge is 0.330 e. The van der Waals surface area contributed by atoms with Gasteiger partial charge in [0.25, 0.3) is 0 Å². The van der Waals surface area contributed by atoms with Crippen LogP contribution in [0.25, 0.3) is 0 Å². The zero-order valence-corrected chi connectivity index (χ0v) is 9.39. The van der Waals surface area contributed by atoms with Crippen molar-refractivity contribution in [2.75, 3.05) is 0 Å². The van der Waals surface area contributed by atoms with Gasteiger partial charge in [-0.15, -0.1) is 6.58 Å². The molecule has 0 radical (unpaired) electrons. The van der Waals surface area contributed by atoms with E-state index in [0.29, 0.717) is 6.54 Å². The number of hydrogen-bond donors (Lipinski definition) is 1. The van der Waals surface area contributed by atoms with Gasteiger partial charge in [-0.05, 0) is 12.5 Å². The number of carbonyl (C=O) groups is 1. The van der Waals surface area contributed by atoms with E-state index in [1.165, 1.54) is 0 Å². The summed E-state index contributed by atoms with van der Waals surface area (Å²) in [4.78, 5) is 13.6. The fourth-order valence-electron chi connectivity index (χ4n) is 1.98. The topological polar surface area (TPSA) is 32.3 Å². The second kappa shape index (κ2) is 4.39. The molecule has 0 saturated carbocycles. The number of hydrogen-bond acceptors (Lipinski definition) is 1. The Balaban J connectivity index is 2.11. The maximum atomic E-state index is 11.7. The van der Waals surface area contributed by atoms with Crippen molar-refractivity contribution < 1.29 is 4.79 Å². The fraction of sp³-hybridized carbons (Fsp3) is 0.308. The van der Waals surface area contributed by atoms with Crippen LogP contribution in [0, 0.1) is 0 Å². The van der Waals surface area contributed by atoms with Crippen molar-refractivity contribution in [1.82, 2.24) is 10.2 Å². The van der Waals surface area contributed by atoms with Crippen LogP contribution in [0.2, 0.25) is 0 Å². The molecule has 1 aromatic rings. The van der Waals surface area contributed by atoms with E-state index in [2.05, 4.69) is 11.9 Å². The van der Waals surface area contributed by atoms with Crippen molar-refractivity contribution in [3.8, 4) is 0 Å². The lowest BCUT2D eigenvalue weighted by molar-refractivity contribution is 0.203. The second-order valence-corrected chi connectivity index (χ2v) is 4.07. The molecule has 1 aliphatic heterocycles. The first-order valence-corrected chi connectivity index (χ1v) is 5.46. The lowest BCUT2D eigenvalue weighted by Gasteiger charge is -2.21. The summed E-state index contributed by atoms with van der Waals surface area (Å²) in [7, 11) is 0. The first-order chi connectivity index (χ1) is 7.72. The van der Waals surface area contributed by atoms with Gasteiger partial charge in [0.15, 0.2) is 0 Å². The molecule has 16 heavy (non-hydrogen) atoms. The van der Waals surface area contributed by atoms with Gasteiger partial charge >= 0.3 is 6.03 Å². The molecule has 2 atom stereocenters. The predicted octanol–water partition coefficient (Wildman–Crippen LogP) is 2.15. The smallest absolute Gasteiger partial charge is 0.318 e. The number of benzene rings is 1. The average molecular weight is 216 g/mol. The molecule has 0 bridgehead atoms. The first kappa shape index (κ1) is 10.7. The van der Waals surface area contributed by atoms with Crippen molar-refractivity contribution in [3.05, 3.63) is 48.6 Å². The van der Waals surface area contributed by atoms with E-state index in [9.17, 15) is 4.79 Å². The molecule has 84 valence electrons. The van der Waals surface area contributed by atoms with Gasteiger partial charge in [0, 0.05) is 6.54 Å². The number of nitrogens with one attached hydrogen (secondary N) is 1. The maximum Gasteiger partial charge on any atom is 0.318 e. The van der Waals surface area contributed by atoms with E-state index < -0.39 is 0 Å². The first-order valence-electron chi connectivity index (χ1n) is 5.46. The molecule has 0 aliphatic carbocycles. The second-order valence-electron chi connectivity index (χ2n) is 4.07. The Hall–Kier alpha value is -1.77. The van der Waals surface area contributed by atoms with Gasteiger partial charge in [0.2, 0.25) is 0 Å². The number of nitrogens with zero attached hydrogens (tertiary/aromatic N) is 1. The van der Waals surface area contributed by atoms with E-state index in [0.717, 1.165) is 5.56 Å². The Labute approximate surface area is 95.8 Å². The Bertz CT molecular complexity index is 388. The fourth-order valence-corrected chi connectivity index (χ4v) is 1.98. The van der Waals surface area contributed by atoms with Crippen LogP contribution < -0.4 is 5.32 Å². The van der Waals surface area contributed by atoms with Gasteiger partial charge in [0.05, 0.1) is 12.1 Å². The van der Waals surface area contributed by atoms with Gasteiger partial charge in [0.1, 0.15) is 0 Å². The molecule has 0 spiro atoms. The predicted molar refractivity (Wildman–Crippen MR) is 64.0 cm³/mol. The van der Waals surface area contributed by atoms with Crippen LogP contribution in [0.15, 0.2) is 43.0 Å². The highest BCUT2D eigenvalue weighted by Gasteiger charge is 2.33. The van der Waals surface area contributed by atoms with Gasteiger partial charge in [-0.25, -0.2) is 4.79 Å². The maximum absolute atomic E-state index is 11.7.